The first kappa shape index (κ1) is 11.2. The number of hydrogen-bond donors (Lipinski definition) is 2. The summed E-state index contributed by atoms with van der Waals surface area (Å²) in [5, 5.41) is 18.8. The molecule has 2 aromatic rings. The van der Waals surface area contributed by atoms with Crippen LogP contribution < -0.4 is 0 Å². The summed E-state index contributed by atoms with van der Waals surface area (Å²) in [6, 6.07) is 3.29. The van der Waals surface area contributed by atoms with Crippen LogP contribution in [0.5, 0.6) is 0 Å². The van der Waals surface area contributed by atoms with Crippen molar-refractivity contribution in [3.05, 3.63) is 34.6 Å². The zero-order valence-corrected chi connectivity index (χ0v) is 9.27. The Bertz CT molecular complexity index is 636. The van der Waals surface area contributed by atoms with Gasteiger partial charge in [-0.25, -0.2) is 9.59 Å². The summed E-state index contributed by atoms with van der Waals surface area (Å²) in [5.74, 6) is -2.02. The smallest absolute Gasteiger partial charge is 0.340 e. The van der Waals surface area contributed by atoms with E-state index in [4.69, 9.17) is 14.6 Å². The molecule has 0 aliphatic rings. The molecule has 0 bridgehead atoms. The lowest BCUT2D eigenvalue weighted by Gasteiger charge is -2.05. The van der Waals surface area contributed by atoms with Crippen LogP contribution in [0.15, 0.2) is 16.5 Å². The average molecular weight is 234 g/mol. The molecule has 0 unspecified atom stereocenters. The molecule has 0 radical (unpaired) electrons. The van der Waals surface area contributed by atoms with Crippen LogP contribution >= 0.6 is 0 Å². The van der Waals surface area contributed by atoms with E-state index >= 15 is 0 Å². The molecular weight excluding hydrogens is 224 g/mol. The highest BCUT2D eigenvalue weighted by atomic mass is 16.4. The van der Waals surface area contributed by atoms with Gasteiger partial charge in [-0.05, 0) is 31.5 Å². The molecule has 0 fully saturated rings. The number of benzene rings is 1. The second-order valence-electron chi connectivity index (χ2n) is 3.83. The highest BCUT2D eigenvalue weighted by molar-refractivity contribution is 6.11. The van der Waals surface area contributed by atoms with Gasteiger partial charge >= 0.3 is 11.9 Å². The third kappa shape index (κ3) is 1.65. The van der Waals surface area contributed by atoms with E-state index in [2.05, 4.69) is 0 Å². The Morgan fingerprint density at radius 2 is 1.65 bits per heavy atom. The average Bonchev–Trinajstić information content (AvgIpc) is 2.54. The van der Waals surface area contributed by atoms with Gasteiger partial charge in [0.15, 0.2) is 0 Å². The number of rotatable bonds is 2. The quantitative estimate of drug-likeness (QED) is 0.833. The van der Waals surface area contributed by atoms with Gasteiger partial charge in [0.1, 0.15) is 16.9 Å². The van der Waals surface area contributed by atoms with Gasteiger partial charge < -0.3 is 14.6 Å². The van der Waals surface area contributed by atoms with Gasteiger partial charge in [-0.2, -0.15) is 0 Å². The van der Waals surface area contributed by atoms with Crippen molar-refractivity contribution in [2.45, 2.75) is 13.8 Å². The number of carboxylic acids is 2. The molecule has 5 nitrogen and oxygen atoms in total. The Labute approximate surface area is 96.3 Å². The van der Waals surface area contributed by atoms with Gasteiger partial charge in [-0.15, -0.1) is 0 Å². The Kier molecular flexibility index (Phi) is 2.38. The normalized spacial score (nSPS) is 10.7. The van der Waals surface area contributed by atoms with E-state index < -0.39 is 11.9 Å². The zero-order valence-electron chi connectivity index (χ0n) is 9.27. The molecule has 1 heterocycles. The minimum atomic E-state index is -1.30. The van der Waals surface area contributed by atoms with Crippen molar-refractivity contribution >= 4 is 22.9 Å². The predicted octanol–water partition coefficient (Wildman–Crippen LogP) is 2.45. The van der Waals surface area contributed by atoms with Crippen LogP contribution in [0.2, 0.25) is 0 Å². The van der Waals surface area contributed by atoms with Crippen molar-refractivity contribution in [1.82, 2.24) is 0 Å². The summed E-state index contributed by atoms with van der Waals surface area (Å²) < 4.78 is 5.26. The highest BCUT2D eigenvalue weighted by Gasteiger charge is 2.24. The maximum Gasteiger partial charge on any atom is 0.340 e. The van der Waals surface area contributed by atoms with E-state index in [1.54, 1.807) is 26.0 Å². The SMILES string of the molecule is Cc1cc2cc(C)c(C(=O)O)c(C(=O)O)c2o1. The fourth-order valence-corrected chi connectivity index (χ4v) is 1.93. The second kappa shape index (κ2) is 3.62. The first-order chi connectivity index (χ1) is 7.91. The molecule has 2 rings (SSSR count). The van der Waals surface area contributed by atoms with Gasteiger partial charge in [0.05, 0.1) is 5.56 Å². The number of carbonyl (C=O) groups is 2. The summed E-state index contributed by atoms with van der Waals surface area (Å²) in [7, 11) is 0. The number of carboxylic acid groups (broad SMARTS) is 2. The van der Waals surface area contributed by atoms with E-state index in [0.717, 1.165) is 0 Å². The summed E-state index contributed by atoms with van der Waals surface area (Å²) in [6.45, 7) is 3.25. The molecule has 88 valence electrons. The Morgan fingerprint density at radius 3 is 2.18 bits per heavy atom. The summed E-state index contributed by atoms with van der Waals surface area (Å²) in [5.41, 5.74) is 0.00106. The topological polar surface area (TPSA) is 87.7 Å². The molecule has 5 heteroatoms. The van der Waals surface area contributed by atoms with Crippen molar-refractivity contribution in [1.29, 1.82) is 0 Å². The molecule has 0 atom stereocenters. The lowest BCUT2D eigenvalue weighted by molar-refractivity contribution is 0.0651. The minimum absolute atomic E-state index is 0.109. The van der Waals surface area contributed by atoms with Crippen LogP contribution in [0.1, 0.15) is 32.0 Å². The lowest BCUT2D eigenvalue weighted by atomic mass is 9.99. The van der Waals surface area contributed by atoms with Gasteiger partial charge in [0.2, 0.25) is 0 Å². The highest BCUT2D eigenvalue weighted by Crippen LogP contribution is 2.28. The van der Waals surface area contributed by atoms with E-state index in [1.165, 1.54) is 0 Å². The van der Waals surface area contributed by atoms with Gasteiger partial charge in [0, 0.05) is 5.39 Å². The van der Waals surface area contributed by atoms with Crippen LogP contribution in [-0.4, -0.2) is 22.2 Å². The predicted molar refractivity (Wildman–Crippen MR) is 59.6 cm³/mol. The second-order valence-corrected chi connectivity index (χ2v) is 3.83. The number of fused-ring (bicyclic) bond motifs is 1. The number of hydrogen-bond acceptors (Lipinski definition) is 3. The van der Waals surface area contributed by atoms with Crippen molar-refractivity contribution in [3.8, 4) is 0 Å². The molecule has 0 saturated carbocycles. The fourth-order valence-electron chi connectivity index (χ4n) is 1.93. The maximum atomic E-state index is 11.2. The Hall–Kier alpha value is -2.30. The fraction of sp³-hybridized carbons (Fsp3) is 0.167. The lowest BCUT2D eigenvalue weighted by Crippen LogP contribution is -2.10. The van der Waals surface area contributed by atoms with Crippen LogP contribution in [0, 0.1) is 13.8 Å². The number of furan rings is 1. The molecule has 17 heavy (non-hydrogen) atoms. The molecular formula is C12H10O5. The molecule has 0 spiro atoms. The largest absolute Gasteiger partial charge is 0.478 e. The van der Waals surface area contributed by atoms with Crippen molar-refractivity contribution in [3.63, 3.8) is 0 Å². The van der Waals surface area contributed by atoms with Crippen molar-refractivity contribution in [2.75, 3.05) is 0 Å². The minimum Gasteiger partial charge on any atom is -0.478 e. The Balaban J connectivity index is 2.98. The van der Waals surface area contributed by atoms with Crippen molar-refractivity contribution in [2.24, 2.45) is 0 Å². The summed E-state index contributed by atoms with van der Waals surface area (Å²) >= 11 is 0. The summed E-state index contributed by atoms with van der Waals surface area (Å²) in [4.78, 5) is 22.3. The zero-order chi connectivity index (χ0) is 12.7. The van der Waals surface area contributed by atoms with E-state index in [9.17, 15) is 9.59 Å². The van der Waals surface area contributed by atoms with Crippen LogP contribution in [-0.2, 0) is 0 Å². The van der Waals surface area contributed by atoms with Crippen molar-refractivity contribution < 1.29 is 24.2 Å². The molecule has 0 aliphatic heterocycles. The monoisotopic (exact) mass is 234 g/mol. The molecule has 0 aliphatic carbocycles. The first-order valence-corrected chi connectivity index (χ1v) is 4.92. The molecule has 2 N–H and O–H groups in total. The number of aryl methyl sites for hydroxylation is 2. The molecule has 1 aromatic carbocycles. The maximum absolute atomic E-state index is 11.2. The van der Waals surface area contributed by atoms with Crippen LogP contribution in [0.4, 0.5) is 0 Å². The molecule has 0 amide bonds. The third-order valence-electron chi connectivity index (χ3n) is 2.56. The molecule has 0 saturated heterocycles. The van der Waals surface area contributed by atoms with E-state index in [0.29, 0.717) is 16.7 Å². The van der Waals surface area contributed by atoms with Gasteiger partial charge in [-0.1, -0.05) is 0 Å². The first-order valence-electron chi connectivity index (χ1n) is 4.92. The number of aromatic carboxylic acids is 2. The van der Waals surface area contributed by atoms with E-state index in [-0.39, 0.29) is 16.7 Å². The van der Waals surface area contributed by atoms with Crippen LogP contribution in [0.25, 0.3) is 11.0 Å². The summed E-state index contributed by atoms with van der Waals surface area (Å²) in [6.07, 6.45) is 0. The van der Waals surface area contributed by atoms with Gasteiger partial charge in [-0.3, -0.25) is 0 Å². The van der Waals surface area contributed by atoms with E-state index in [1.807, 2.05) is 0 Å². The third-order valence-corrected chi connectivity index (χ3v) is 2.56. The molecule has 1 aromatic heterocycles. The standard InChI is InChI=1S/C12H10O5/c1-5-3-7-4-6(2)17-10(7)9(12(15)16)8(5)11(13)14/h3-4H,1-2H3,(H,13,14)(H,15,16). The van der Waals surface area contributed by atoms with Gasteiger partial charge in [0.25, 0.3) is 0 Å². The van der Waals surface area contributed by atoms with Crippen LogP contribution in [0.3, 0.4) is 0 Å². The Morgan fingerprint density at radius 1 is 1.06 bits per heavy atom.